The van der Waals surface area contributed by atoms with Crippen LogP contribution in [0.3, 0.4) is 0 Å². The maximum atomic E-state index is 12.9. The average Bonchev–Trinajstić information content (AvgIpc) is 3.74. The summed E-state index contributed by atoms with van der Waals surface area (Å²) in [6.07, 6.45) is 1.75. The zero-order valence-corrected chi connectivity index (χ0v) is 22.2. The highest BCUT2D eigenvalue weighted by Crippen LogP contribution is 2.65. The highest BCUT2D eigenvalue weighted by atomic mass is 16.4. The Labute approximate surface area is 236 Å². The first kappa shape index (κ1) is 20.2. The number of aliphatic carboxylic acids is 2. The van der Waals surface area contributed by atoms with Crippen LogP contribution in [0, 0.1) is 0 Å². The first-order valence-corrected chi connectivity index (χ1v) is 14.9. The number of fused-ring (bicyclic) bond motifs is 3. The molecule has 4 aliphatic rings. The number of hydrogen-bond donors (Lipinski definition) is 2. The Hall–Kier alpha value is -4.74. The third kappa shape index (κ3) is 1.69. The summed E-state index contributed by atoms with van der Waals surface area (Å²) in [5.74, 6) is -2.22. The lowest BCUT2D eigenvalue weighted by molar-refractivity contribution is -0.145. The Morgan fingerprint density at radius 3 is 1.64 bits per heavy atom. The molecule has 1 saturated heterocycles. The van der Waals surface area contributed by atoms with E-state index in [1.807, 2.05) is 0 Å². The molecule has 2 N–H and O–H groups in total. The largest absolute Gasteiger partial charge is 0.480 e. The average molecular weight is 542 g/mol. The minimum atomic E-state index is -0.975. The van der Waals surface area contributed by atoms with Crippen LogP contribution < -0.4 is 0 Å². The second kappa shape index (κ2) is 5.66. The summed E-state index contributed by atoms with van der Waals surface area (Å²) in [6.45, 7) is 0.192. The third-order valence-electron chi connectivity index (χ3n) is 12.2. The molecule has 0 bridgehead atoms. The van der Waals surface area contributed by atoms with Crippen LogP contribution in [0.2, 0.25) is 0 Å². The van der Waals surface area contributed by atoms with Crippen LogP contribution in [0.1, 0.15) is 45.2 Å². The molecule has 0 spiro atoms. The number of benzene rings is 7. The van der Waals surface area contributed by atoms with Gasteiger partial charge in [-0.15, -0.1) is 0 Å². The summed E-state index contributed by atoms with van der Waals surface area (Å²) >= 11 is 0. The van der Waals surface area contributed by atoms with Crippen molar-refractivity contribution in [1.29, 1.82) is 0 Å². The monoisotopic (exact) mass is 541 g/mol. The van der Waals surface area contributed by atoms with Crippen molar-refractivity contribution in [2.24, 2.45) is 0 Å². The molecule has 9 aromatic rings. The Kier molecular flexibility index (Phi) is 2.72. The molecular formula is C37H19NO4. The molecule has 3 unspecified atom stereocenters. The van der Waals surface area contributed by atoms with Gasteiger partial charge < -0.3 is 10.2 Å². The Morgan fingerprint density at radius 2 is 1.10 bits per heavy atom. The van der Waals surface area contributed by atoms with E-state index in [2.05, 4.69) is 36.4 Å². The lowest BCUT2D eigenvalue weighted by atomic mass is 9.72. The van der Waals surface area contributed by atoms with Crippen LogP contribution in [0.4, 0.5) is 0 Å². The fraction of sp³-hybridized carbons (Fsp3) is 0.189. The summed E-state index contributed by atoms with van der Waals surface area (Å²) in [6, 6.07) is 13.4. The van der Waals surface area contributed by atoms with Crippen LogP contribution >= 0.6 is 0 Å². The molecule has 5 nitrogen and oxygen atoms in total. The molecular weight excluding hydrogens is 522 g/mol. The van der Waals surface area contributed by atoms with Gasteiger partial charge in [-0.25, -0.2) is 0 Å². The predicted molar refractivity (Wildman–Crippen MR) is 164 cm³/mol. The summed E-state index contributed by atoms with van der Waals surface area (Å²) in [7, 11) is 0. The van der Waals surface area contributed by atoms with Crippen LogP contribution in [0.5, 0.6) is 0 Å². The second-order valence-corrected chi connectivity index (χ2v) is 13.7. The molecule has 1 aliphatic heterocycles. The van der Waals surface area contributed by atoms with Gasteiger partial charge in [0.1, 0.15) is 6.04 Å². The highest BCUT2D eigenvalue weighted by molar-refractivity contribution is 6.58. The van der Waals surface area contributed by atoms with Crippen LogP contribution in [-0.4, -0.2) is 46.2 Å². The van der Waals surface area contributed by atoms with Gasteiger partial charge in [0, 0.05) is 18.4 Å². The van der Waals surface area contributed by atoms with E-state index in [4.69, 9.17) is 0 Å². The van der Waals surface area contributed by atoms with Gasteiger partial charge in [-0.1, -0.05) is 36.4 Å². The van der Waals surface area contributed by atoms with Crippen molar-refractivity contribution in [3.05, 3.63) is 69.8 Å². The molecule has 1 fully saturated rings. The van der Waals surface area contributed by atoms with E-state index in [1.54, 1.807) is 4.90 Å². The lowest BCUT2D eigenvalue weighted by Crippen LogP contribution is -2.41. The van der Waals surface area contributed by atoms with Crippen LogP contribution in [0.15, 0.2) is 36.4 Å². The quantitative estimate of drug-likeness (QED) is 0.237. The van der Waals surface area contributed by atoms with Crippen molar-refractivity contribution < 1.29 is 19.8 Å². The van der Waals surface area contributed by atoms with Crippen LogP contribution in [-0.2, 0) is 22.4 Å². The molecule has 3 aliphatic carbocycles. The van der Waals surface area contributed by atoms with Gasteiger partial charge in [0.2, 0.25) is 0 Å². The Morgan fingerprint density at radius 1 is 0.619 bits per heavy atom. The minimum Gasteiger partial charge on any atom is -0.480 e. The molecule has 1 heterocycles. The van der Waals surface area contributed by atoms with E-state index >= 15 is 0 Å². The Bertz CT molecular complexity index is 2790. The van der Waals surface area contributed by atoms with E-state index in [0.717, 1.165) is 18.4 Å². The van der Waals surface area contributed by atoms with Crippen molar-refractivity contribution in [1.82, 2.24) is 4.90 Å². The van der Waals surface area contributed by atoms with Gasteiger partial charge >= 0.3 is 11.9 Å². The SMILES string of the molecule is O=C(O)CN1CC2c3cc4c5c6c(cc7ccc8cc9c%10c%11c(cc(c%12c3c5c(c%12%11)c3c6c7c8c%103)C2C1C(=O)O)C9)C4. The van der Waals surface area contributed by atoms with Gasteiger partial charge in [0.15, 0.2) is 0 Å². The Balaban J connectivity index is 1.35. The molecule has 9 aromatic carbocycles. The highest BCUT2D eigenvalue weighted by Gasteiger charge is 2.52. The fourth-order valence-electron chi connectivity index (χ4n) is 11.2. The van der Waals surface area contributed by atoms with E-state index in [1.165, 1.54) is 114 Å². The first-order chi connectivity index (χ1) is 20.5. The summed E-state index contributed by atoms with van der Waals surface area (Å²) in [5, 5.41) is 42.5. The van der Waals surface area contributed by atoms with Crippen molar-refractivity contribution >= 4 is 98.1 Å². The maximum absolute atomic E-state index is 12.9. The number of likely N-dealkylation sites (tertiary alicyclic amines) is 1. The second-order valence-electron chi connectivity index (χ2n) is 13.7. The molecule has 13 rings (SSSR count). The molecule has 0 amide bonds. The lowest BCUT2D eigenvalue weighted by Gasteiger charge is -2.30. The van der Waals surface area contributed by atoms with Gasteiger partial charge in [-0.2, -0.15) is 0 Å². The van der Waals surface area contributed by atoms with Crippen molar-refractivity contribution in [2.45, 2.75) is 30.7 Å². The topological polar surface area (TPSA) is 77.8 Å². The first-order valence-electron chi connectivity index (χ1n) is 14.9. The molecule has 0 saturated carbocycles. The zero-order chi connectivity index (χ0) is 27.2. The number of nitrogens with zero attached hydrogens (tertiary/aromatic N) is 1. The molecule has 0 aromatic heterocycles. The zero-order valence-electron chi connectivity index (χ0n) is 22.2. The van der Waals surface area contributed by atoms with Crippen molar-refractivity contribution in [3.8, 4) is 0 Å². The molecule has 42 heavy (non-hydrogen) atoms. The molecule has 5 heteroatoms. The molecule has 196 valence electrons. The molecule has 0 radical (unpaired) electrons. The number of hydrogen-bond acceptors (Lipinski definition) is 3. The number of rotatable bonds is 3. The summed E-state index contributed by atoms with van der Waals surface area (Å²) in [5.41, 5.74) is 7.82. The van der Waals surface area contributed by atoms with Gasteiger partial charge in [-0.05, 0) is 132 Å². The maximum Gasteiger partial charge on any atom is 0.321 e. The number of carboxylic acids is 2. The van der Waals surface area contributed by atoms with Crippen molar-refractivity contribution in [3.63, 3.8) is 0 Å². The normalized spacial score (nSPS) is 22.6. The summed E-state index contributed by atoms with van der Waals surface area (Å²) in [4.78, 5) is 26.6. The van der Waals surface area contributed by atoms with Gasteiger partial charge in [0.05, 0.1) is 6.54 Å². The predicted octanol–water partition coefficient (Wildman–Crippen LogP) is 6.94. The fourth-order valence-corrected chi connectivity index (χ4v) is 11.2. The summed E-state index contributed by atoms with van der Waals surface area (Å²) < 4.78 is 0. The van der Waals surface area contributed by atoms with E-state index in [0.29, 0.717) is 6.54 Å². The molecule has 3 atom stereocenters. The van der Waals surface area contributed by atoms with E-state index in [-0.39, 0.29) is 18.4 Å². The van der Waals surface area contributed by atoms with E-state index < -0.39 is 18.0 Å². The number of carboxylic acid groups (broad SMARTS) is 2. The number of carbonyl (C=O) groups is 2. The van der Waals surface area contributed by atoms with Gasteiger partial charge in [0.25, 0.3) is 0 Å². The van der Waals surface area contributed by atoms with Gasteiger partial charge in [-0.3, -0.25) is 14.5 Å². The third-order valence-corrected chi connectivity index (χ3v) is 12.2. The minimum absolute atomic E-state index is 0.0505. The van der Waals surface area contributed by atoms with E-state index in [9.17, 15) is 19.8 Å². The smallest absolute Gasteiger partial charge is 0.321 e. The van der Waals surface area contributed by atoms with Crippen LogP contribution in [0.25, 0.3) is 86.2 Å². The standard InChI is InChI=1S/C37H19NO4/c39-20(40)10-38-9-19-17-7-15-5-13-3-11-1-2-12-4-14-6-16-8-18(27(19)36(38)37(41)42)29-28(17)32-25(15)23(13)30-21(11)22(12)31-24(14)26(16)33(29)35(32)34(30)31/h1-4,7-8,19,27,36H,5-6,9-10H2,(H,39,40)(H,41,42). The van der Waals surface area contributed by atoms with Crippen molar-refractivity contribution in [2.75, 3.05) is 13.1 Å².